The Bertz CT molecular complexity index is 1550. The van der Waals surface area contributed by atoms with Crippen molar-refractivity contribution in [1.82, 2.24) is 0 Å². The van der Waals surface area contributed by atoms with Gasteiger partial charge in [0.1, 0.15) is 5.75 Å². The van der Waals surface area contributed by atoms with Crippen molar-refractivity contribution < 1.29 is 4.74 Å². The average molecular weight is 525 g/mol. The Morgan fingerprint density at radius 3 is 1.54 bits per heavy atom. The van der Waals surface area contributed by atoms with Gasteiger partial charge in [-0.05, 0) is 55.7 Å². The van der Waals surface area contributed by atoms with E-state index < -0.39 is 8.07 Å². The summed E-state index contributed by atoms with van der Waals surface area (Å²) in [6.07, 6.45) is 0. The van der Waals surface area contributed by atoms with Crippen LogP contribution in [-0.4, -0.2) is 15.2 Å². The van der Waals surface area contributed by atoms with Crippen molar-refractivity contribution in [3.05, 3.63) is 144 Å². The maximum atomic E-state index is 6.48. The normalized spacial score (nSPS) is 13.2. The van der Waals surface area contributed by atoms with Gasteiger partial charge in [-0.25, -0.2) is 0 Å². The monoisotopic (exact) mass is 524 g/mol. The van der Waals surface area contributed by atoms with E-state index in [0.29, 0.717) is 0 Å². The Balaban J connectivity index is 1.85. The van der Waals surface area contributed by atoms with Crippen LogP contribution in [0.3, 0.4) is 0 Å². The molecule has 39 heavy (non-hydrogen) atoms. The highest BCUT2D eigenvalue weighted by Gasteiger charge is 2.53. The maximum absolute atomic E-state index is 6.48. The molecule has 2 heteroatoms. The van der Waals surface area contributed by atoms with E-state index in [1.165, 1.54) is 48.9 Å². The number of methoxy groups -OCH3 is 1. The molecule has 5 aromatic rings. The molecule has 5 aromatic carbocycles. The SMILES string of the molecule is COc1c(C(C)(C)C)cc(C)cc1[Si](c1ccccc1)(c1ccccc1)C1c2ccccc2-c2ccccc21. The van der Waals surface area contributed by atoms with Crippen LogP contribution in [0.15, 0.2) is 121 Å². The van der Waals surface area contributed by atoms with Gasteiger partial charge in [-0.3, -0.25) is 0 Å². The zero-order chi connectivity index (χ0) is 27.2. The van der Waals surface area contributed by atoms with Gasteiger partial charge in [0, 0.05) is 5.54 Å². The summed E-state index contributed by atoms with van der Waals surface area (Å²) < 4.78 is 6.48. The largest absolute Gasteiger partial charge is 0.497 e. The van der Waals surface area contributed by atoms with E-state index in [4.69, 9.17) is 4.74 Å². The van der Waals surface area contributed by atoms with Gasteiger partial charge in [-0.15, -0.1) is 0 Å². The highest BCUT2D eigenvalue weighted by Crippen LogP contribution is 2.49. The first-order valence-electron chi connectivity index (χ1n) is 13.9. The molecule has 6 rings (SSSR count). The van der Waals surface area contributed by atoms with Gasteiger partial charge in [0.2, 0.25) is 0 Å². The molecule has 0 saturated carbocycles. The highest BCUT2D eigenvalue weighted by molar-refractivity contribution is 7.13. The lowest BCUT2D eigenvalue weighted by molar-refractivity contribution is 0.400. The second kappa shape index (κ2) is 9.70. The predicted molar refractivity (Wildman–Crippen MR) is 168 cm³/mol. The Kier molecular flexibility index (Phi) is 6.32. The molecule has 1 aliphatic carbocycles. The van der Waals surface area contributed by atoms with Crippen LogP contribution in [0, 0.1) is 6.92 Å². The number of rotatable bonds is 5. The molecular weight excluding hydrogens is 488 g/mol. The van der Waals surface area contributed by atoms with Crippen molar-refractivity contribution >= 4 is 23.6 Å². The van der Waals surface area contributed by atoms with Crippen LogP contribution in [0.1, 0.15) is 48.6 Å². The molecule has 0 aliphatic heterocycles. The van der Waals surface area contributed by atoms with Crippen LogP contribution in [0.2, 0.25) is 0 Å². The van der Waals surface area contributed by atoms with E-state index in [1.54, 1.807) is 0 Å². The molecule has 0 heterocycles. The van der Waals surface area contributed by atoms with Gasteiger partial charge in [0.05, 0.1) is 7.11 Å². The summed E-state index contributed by atoms with van der Waals surface area (Å²) in [6.45, 7) is 9.12. The number of aryl methyl sites for hydroxylation is 1. The first-order valence-corrected chi connectivity index (χ1v) is 15.9. The molecule has 0 N–H and O–H groups in total. The van der Waals surface area contributed by atoms with Crippen molar-refractivity contribution in [2.75, 3.05) is 7.11 Å². The lowest BCUT2D eigenvalue weighted by atomic mass is 9.85. The fourth-order valence-electron chi connectivity index (χ4n) is 6.83. The average Bonchev–Trinajstić information content (AvgIpc) is 3.29. The zero-order valence-electron chi connectivity index (χ0n) is 23.5. The number of hydrogen-bond donors (Lipinski definition) is 0. The van der Waals surface area contributed by atoms with Gasteiger partial charge >= 0.3 is 0 Å². The zero-order valence-corrected chi connectivity index (χ0v) is 24.5. The second-order valence-electron chi connectivity index (χ2n) is 11.8. The Morgan fingerprint density at radius 1 is 0.615 bits per heavy atom. The van der Waals surface area contributed by atoms with Crippen LogP contribution in [0.25, 0.3) is 11.1 Å². The van der Waals surface area contributed by atoms with Gasteiger partial charge in [-0.2, -0.15) is 0 Å². The third kappa shape index (κ3) is 3.97. The summed E-state index contributed by atoms with van der Waals surface area (Å²) in [7, 11) is -0.969. The van der Waals surface area contributed by atoms with Gasteiger partial charge in [0.25, 0.3) is 0 Å². The van der Waals surface area contributed by atoms with Crippen LogP contribution < -0.4 is 20.3 Å². The van der Waals surface area contributed by atoms with Crippen molar-refractivity contribution in [2.45, 2.75) is 38.7 Å². The smallest absolute Gasteiger partial charge is 0.164 e. The van der Waals surface area contributed by atoms with Crippen molar-refractivity contribution in [1.29, 1.82) is 0 Å². The molecule has 1 aliphatic rings. The van der Waals surface area contributed by atoms with Crippen LogP contribution in [0.5, 0.6) is 5.75 Å². The van der Waals surface area contributed by atoms with Gasteiger partial charge < -0.3 is 4.74 Å². The minimum absolute atomic E-state index is 0.0644. The lowest BCUT2D eigenvalue weighted by Crippen LogP contribution is -2.71. The molecule has 0 spiro atoms. The molecule has 0 radical (unpaired) electrons. The maximum Gasteiger partial charge on any atom is 0.164 e. The third-order valence-corrected chi connectivity index (χ3v) is 13.6. The molecule has 0 amide bonds. The quantitative estimate of drug-likeness (QED) is 0.176. The predicted octanol–water partition coefficient (Wildman–Crippen LogP) is 7.12. The van der Waals surface area contributed by atoms with E-state index >= 15 is 0 Å². The number of fused-ring (bicyclic) bond motifs is 3. The van der Waals surface area contributed by atoms with Gasteiger partial charge in [-0.1, -0.05) is 148 Å². The standard InChI is InChI=1S/C37H36OSi/c1-26-24-33(37(2,3)4)35(38-5)34(25-26)39(27-16-8-6-9-17-27,28-18-10-7-11-19-28)36-31-22-14-12-20-29(31)30-21-13-15-23-32(30)36/h6-25,36H,1-5H3. The second-order valence-corrected chi connectivity index (χ2v) is 15.7. The van der Waals surface area contributed by atoms with Crippen LogP contribution in [-0.2, 0) is 5.41 Å². The molecule has 1 nitrogen and oxygen atoms in total. The topological polar surface area (TPSA) is 9.23 Å². The minimum atomic E-state index is -2.83. The summed E-state index contributed by atoms with van der Waals surface area (Å²) in [5.41, 5.74) is 8.21. The summed E-state index contributed by atoms with van der Waals surface area (Å²) in [5.74, 6) is 1.04. The molecule has 0 bridgehead atoms. The van der Waals surface area contributed by atoms with E-state index in [9.17, 15) is 0 Å². The van der Waals surface area contributed by atoms with Gasteiger partial charge in [0.15, 0.2) is 8.07 Å². The lowest BCUT2D eigenvalue weighted by Gasteiger charge is -2.42. The molecular formula is C37H36OSi. The number of benzene rings is 5. The molecule has 0 fully saturated rings. The molecule has 0 aromatic heterocycles. The summed E-state index contributed by atoms with van der Waals surface area (Å²) >= 11 is 0. The van der Waals surface area contributed by atoms with Crippen LogP contribution in [0.4, 0.5) is 0 Å². The van der Waals surface area contributed by atoms with E-state index in [0.717, 1.165) is 5.75 Å². The Morgan fingerprint density at radius 2 is 1.08 bits per heavy atom. The highest BCUT2D eigenvalue weighted by atomic mass is 28.3. The first kappa shape index (κ1) is 25.4. The summed E-state index contributed by atoms with van der Waals surface area (Å²) in [4.78, 5) is 0. The Hall–Kier alpha value is -3.88. The molecule has 0 saturated heterocycles. The Labute approximate surface area is 234 Å². The minimum Gasteiger partial charge on any atom is -0.497 e. The van der Waals surface area contributed by atoms with Crippen molar-refractivity contribution in [3.63, 3.8) is 0 Å². The fourth-order valence-corrected chi connectivity index (χ4v) is 12.7. The number of ether oxygens (including phenoxy) is 1. The molecule has 194 valence electrons. The van der Waals surface area contributed by atoms with E-state index in [1.807, 2.05) is 7.11 Å². The van der Waals surface area contributed by atoms with E-state index in [2.05, 4.69) is 149 Å². The summed E-state index contributed by atoms with van der Waals surface area (Å²) in [6, 6.07) is 45.4. The van der Waals surface area contributed by atoms with Crippen LogP contribution >= 0.6 is 0 Å². The molecule has 0 unspecified atom stereocenters. The number of hydrogen-bond acceptors (Lipinski definition) is 1. The fraction of sp³-hybridized carbons (Fsp3) is 0.189. The summed E-state index contributed by atoms with van der Waals surface area (Å²) in [5, 5.41) is 4.15. The first-order chi connectivity index (χ1) is 18.9. The van der Waals surface area contributed by atoms with Crippen molar-refractivity contribution in [2.24, 2.45) is 0 Å². The van der Waals surface area contributed by atoms with Crippen molar-refractivity contribution in [3.8, 4) is 16.9 Å². The third-order valence-electron chi connectivity index (χ3n) is 8.40. The van der Waals surface area contributed by atoms with E-state index in [-0.39, 0.29) is 11.0 Å². The molecule has 0 atom stereocenters.